The minimum absolute atomic E-state index is 0.0375. The number of aromatic nitrogens is 2. The Kier molecular flexibility index (Phi) is 4.57. The van der Waals surface area contributed by atoms with Crippen molar-refractivity contribution in [2.24, 2.45) is 5.73 Å². The third kappa shape index (κ3) is 3.30. The minimum Gasteiger partial charge on any atom is -0.378 e. The summed E-state index contributed by atoms with van der Waals surface area (Å²) in [7, 11) is 0. The maximum absolute atomic E-state index is 6.19. The molecule has 0 radical (unpaired) electrons. The lowest BCUT2D eigenvalue weighted by molar-refractivity contribution is 0.00897. The molecule has 0 aromatic carbocycles. The summed E-state index contributed by atoms with van der Waals surface area (Å²) in [6, 6.07) is 0.0375. The van der Waals surface area contributed by atoms with E-state index in [-0.39, 0.29) is 6.04 Å². The topological polar surface area (TPSA) is 53.1 Å². The Morgan fingerprint density at radius 3 is 3.18 bits per heavy atom. The van der Waals surface area contributed by atoms with Crippen LogP contribution >= 0.6 is 0 Å². The van der Waals surface area contributed by atoms with E-state index in [4.69, 9.17) is 10.5 Å². The number of rotatable bonds is 5. The molecule has 2 unspecified atom stereocenters. The van der Waals surface area contributed by atoms with Gasteiger partial charge in [0.25, 0.3) is 0 Å². The first kappa shape index (κ1) is 12.6. The summed E-state index contributed by atoms with van der Waals surface area (Å²) in [6.45, 7) is 3.97. The summed E-state index contributed by atoms with van der Waals surface area (Å²) >= 11 is 0. The van der Waals surface area contributed by atoms with Gasteiger partial charge < -0.3 is 15.0 Å². The van der Waals surface area contributed by atoms with Crippen molar-refractivity contribution < 1.29 is 4.74 Å². The van der Waals surface area contributed by atoms with Gasteiger partial charge in [-0.3, -0.25) is 0 Å². The molecule has 1 aliphatic rings. The zero-order chi connectivity index (χ0) is 12.1. The van der Waals surface area contributed by atoms with Crippen molar-refractivity contribution in [3.8, 4) is 0 Å². The van der Waals surface area contributed by atoms with E-state index in [0.29, 0.717) is 6.10 Å². The quantitative estimate of drug-likeness (QED) is 0.854. The van der Waals surface area contributed by atoms with Crippen LogP contribution in [0.4, 0.5) is 0 Å². The van der Waals surface area contributed by atoms with Gasteiger partial charge in [0.1, 0.15) is 5.82 Å². The molecule has 0 aliphatic carbocycles. The second-order valence-corrected chi connectivity index (χ2v) is 4.74. The van der Waals surface area contributed by atoms with E-state index < -0.39 is 0 Å². The van der Waals surface area contributed by atoms with Crippen molar-refractivity contribution in [3.63, 3.8) is 0 Å². The first-order chi connectivity index (χ1) is 8.31. The van der Waals surface area contributed by atoms with E-state index in [1.807, 2.05) is 12.4 Å². The van der Waals surface area contributed by atoms with Gasteiger partial charge in [0.05, 0.1) is 12.1 Å². The molecule has 0 bridgehead atoms. The number of hydrogen-bond donors (Lipinski definition) is 1. The van der Waals surface area contributed by atoms with Crippen molar-refractivity contribution >= 4 is 0 Å². The van der Waals surface area contributed by atoms with E-state index >= 15 is 0 Å². The molecule has 1 saturated heterocycles. The summed E-state index contributed by atoms with van der Waals surface area (Å²) in [4.78, 5) is 4.35. The SMILES string of the molecule is CCn1ccnc1C(N)CCC1CCCCO1. The van der Waals surface area contributed by atoms with Gasteiger partial charge in [0, 0.05) is 25.5 Å². The van der Waals surface area contributed by atoms with Crippen molar-refractivity contribution in [2.75, 3.05) is 6.61 Å². The predicted octanol–water partition coefficient (Wildman–Crippen LogP) is 2.25. The van der Waals surface area contributed by atoms with Gasteiger partial charge in [0.2, 0.25) is 0 Å². The zero-order valence-corrected chi connectivity index (χ0v) is 10.6. The van der Waals surface area contributed by atoms with Crippen LogP contribution in [-0.4, -0.2) is 22.3 Å². The highest BCUT2D eigenvalue weighted by molar-refractivity contribution is 4.98. The first-order valence-corrected chi connectivity index (χ1v) is 6.69. The Balaban J connectivity index is 1.82. The van der Waals surface area contributed by atoms with Crippen LogP contribution in [0.5, 0.6) is 0 Å². The van der Waals surface area contributed by atoms with E-state index in [9.17, 15) is 0 Å². The summed E-state index contributed by atoms with van der Waals surface area (Å²) in [6.07, 6.45) is 9.95. The Labute approximate surface area is 103 Å². The normalized spacial score (nSPS) is 22.6. The fourth-order valence-corrected chi connectivity index (χ4v) is 2.45. The highest BCUT2D eigenvalue weighted by Crippen LogP contribution is 2.21. The van der Waals surface area contributed by atoms with Crippen LogP contribution in [0.25, 0.3) is 0 Å². The number of imidazole rings is 1. The summed E-state index contributed by atoms with van der Waals surface area (Å²) in [5.74, 6) is 1.00. The van der Waals surface area contributed by atoms with E-state index in [2.05, 4.69) is 16.5 Å². The molecule has 2 rings (SSSR count). The lowest BCUT2D eigenvalue weighted by Crippen LogP contribution is -2.22. The van der Waals surface area contributed by atoms with Crippen molar-refractivity contribution in [2.45, 2.75) is 57.7 Å². The highest BCUT2D eigenvalue weighted by Gasteiger charge is 2.17. The Bertz CT molecular complexity index is 331. The molecular weight excluding hydrogens is 214 g/mol. The summed E-state index contributed by atoms with van der Waals surface area (Å²) in [5, 5.41) is 0. The van der Waals surface area contributed by atoms with Crippen LogP contribution in [0.2, 0.25) is 0 Å². The van der Waals surface area contributed by atoms with Gasteiger partial charge in [0.15, 0.2) is 0 Å². The Morgan fingerprint density at radius 2 is 2.47 bits per heavy atom. The monoisotopic (exact) mass is 237 g/mol. The minimum atomic E-state index is 0.0375. The molecule has 1 fully saturated rings. The van der Waals surface area contributed by atoms with E-state index in [1.54, 1.807) is 0 Å². The molecule has 2 atom stereocenters. The third-order valence-electron chi connectivity index (χ3n) is 3.49. The van der Waals surface area contributed by atoms with Crippen LogP contribution in [0.3, 0.4) is 0 Å². The van der Waals surface area contributed by atoms with Gasteiger partial charge in [-0.05, 0) is 39.0 Å². The van der Waals surface area contributed by atoms with Gasteiger partial charge in [-0.2, -0.15) is 0 Å². The fraction of sp³-hybridized carbons (Fsp3) is 0.769. The molecule has 4 nitrogen and oxygen atoms in total. The lowest BCUT2D eigenvalue weighted by Gasteiger charge is -2.23. The van der Waals surface area contributed by atoms with Gasteiger partial charge in [-0.15, -0.1) is 0 Å². The maximum Gasteiger partial charge on any atom is 0.125 e. The predicted molar refractivity (Wildman–Crippen MR) is 67.7 cm³/mol. The fourth-order valence-electron chi connectivity index (χ4n) is 2.45. The molecule has 1 aliphatic heterocycles. The zero-order valence-electron chi connectivity index (χ0n) is 10.6. The average molecular weight is 237 g/mol. The Morgan fingerprint density at radius 1 is 1.59 bits per heavy atom. The second-order valence-electron chi connectivity index (χ2n) is 4.74. The molecule has 2 heterocycles. The maximum atomic E-state index is 6.19. The smallest absolute Gasteiger partial charge is 0.125 e. The van der Waals surface area contributed by atoms with Crippen molar-refractivity contribution in [1.82, 2.24) is 9.55 Å². The molecule has 17 heavy (non-hydrogen) atoms. The molecule has 0 spiro atoms. The molecule has 4 heteroatoms. The second kappa shape index (κ2) is 6.17. The number of aryl methyl sites for hydroxylation is 1. The van der Waals surface area contributed by atoms with Crippen LogP contribution in [0, 0.1) is 0 Å². The van der Waals surface area contributed by atoms with Crippen LogP contribution in [0.15, 0.2) is 12.4 Å². The average Bonchev–Trinajstić information content (AvgIpc) is 2.85. The molecule has 1 aromatic heterocycles. The van der Waals surface area contributed by atoms with Crippen LogP contribution in [-0.2, 0) is 11.3 Å². The molecular formula is C13H23N3O. The largest absolute Gasteiger partial charge is 0.378 e. The van der Waals surface area contributed by atoms with E-state index in [1.165, 1.54) is 19.3 Å². The van der Waals surface area contributed by atoms with Crippen molar-refractivity contribution in [3.05, 3.63) is 18.2 Å². The van der Waals surface area contributed by atoms with Crippen LogP contribution in [0.1, 0.15) is 50.9 Å². The summed E-state index contributed by atoms with van der Waals surface area (Å²) < 4.78 is 7.84. The lowest BCUT2D eigenvalue weighted by atomic mass is 10.0. The van der Waals surface area contributed by atoms with Gasteiger partial charge in [-0.1, -0.05) is 0 Å². The van der Waals surface area contributed by atoms with Gasteiger partial charge >= 0.3 is 0 Å². The van der Waals surface area contributed by atoms with Gasteiger partial charge in [-0.25, -0.2) is 4.98 Å². The number of nitrogens with two attached hydrogens (primary N) is 1. The highest BCUT2D eigenvalue weighted by atomic mass is 16.5. The first-order valence-electron chi connectivity index (χ1n) is 6.69. The molecule has 96 valence electrons. The third-order valence-corrected chi connectivity index (χ3v) is 3.49. The van der Waals surface area contributed by atoms with Crippen LogP contribution < -0.4 is 5.73 Å². The molecule has 0 saturated carbocycles. The number of nitrogens with zero attached hydrogens (tertiary/aromatic N) is 2. The molecule has 1 aromatic rings. The van der Waals surface area contributed by atoms with E-state index in [0.717, 1.165) is 31.8 Å². The molecule has 0 amide bonds. The summed E-state index contributed by atoms with van der Waals surface area (Å²) in [5.41, 5.74) is 6.19. The number of ether oxygens (including phenoxy) is 1. The number of hydrogen-bond acceptors (Lipinski definition) is 3. The standard InChI is InChI=1S/C13H23N3O/c1-2-16-9-8-15-13(16)12(14)7-6-11-5-3-4-10-17-11/h8-9,11-12H,2-7,10,14H2,1H3. The molecule has 2 N–H and O–H groups in total. The van der Waals surface area contributed by atoms with Crippen molar-refractivity contribution in [1.29, 1.82) is 0 Å². The Hall–Kier alpha value is -0.870.